The van der Waals surface area contributed by atoms with Gasteiger partial charge in [-0.25, -0.2) is 19.5 Å². The Morgan fingerprint density at radius 1 is 1.38 bits per heavy atom. The van der Waals surface area contributed by atoms with E-state index in [1.54, 1.807) is 0 Å². The van der Waals surface area contributed by atoms with Crippen molar-refractivity contribution in [3.63, 3.8) is 0 Å². The minimum atomic E-state index is -4.88. The minimum absolute atomic E-state index is 0.0113. The third-order valence-electron chi connectivity index (χ3n) is 3.92. The van der Waals surface area contributed by atoms with Crippen LogP contribution in [-0.2, 0) is 24.3 Å². The van der Waals surface area contributed by atoms with Gasteiger partial charge in [-0.1, -0.05) is 0 Å². The predicted molar refractivity (Wildman–Crippen MR) is 81.8 cm³/mol. The van der Waals surface area contributed by atoms with E-state index in [4.69, 9.17) is 26.0 Å². The highest BCUT2D eigenvalue weighted by Crippen LogP contribution is 2.41. The third kappa shape index (κ3) is 2.83. The monoisotopic (exact) mass is 390 g/mol. The van der Waals surface area contributed by atoms with Gasteiger partial charge in [-0.05, 0) is 0 Å². The maximum atomic E-state index is 12.2. The lowest BCUT2D eigenvalue weighted by Crippen LogP contribution is -2.54. The van der Waals surface area contributed by atoms with Gasteiger partial charge in [-0.3, -0.25) is 13.9 Å². The van der Waals surface area contributed by atoms with E-state index >= 15 is 0 Å². The zero-order valence-corrected chi connectivity index (χ0v) is 13.8. The van der Waals surface area contributed by atoms with Crippen molar-refractivity contribution in [1.29, 1.82) is 0 Å². The molecule has 1 fully saturated rings. The van der Waals surface area contributed by atoms with Crippen LogP contribution in [0, 0.1) is 0 Å². The number of aromatic nitrogens is 4. The van der Waals surface area contributed by atoms with Crippen LogP contribution in [-0.4, -0.2) is 70.3 Å². The van der Waals surface area contributed by atoms with E-state index in [1.807, 2.05) is 0 Å². The number of hydrogen-bond acceptors (Lipinski definition) is 10. The van der Waals surface area contributed by atoms with Crippen LogP contribution in [0.2, 0.25) is 0 Å². The summed E-state index contributed by atoms with van der Waals surface area (Å²) in [5, 5.41) is 20.6. The summed E-state index contributed by atoms with van der Waals surface area (Å²) in [5.74, 6) is -1.22. The number of aliphatic hydroxyl groups excluding tert-OH is 2. The van der Waals surface area contributed by atoms with Gasteiger partial charge in [0.15, 0.2) is 11.5 Å². The summed E-state index contributed by atoms with van der Waals surface area (Å²) in [6, 6.07) is 0. The summed E-state index contributed by atoms with van der Waals surface area (Å²) < 4.78 is 21.5. The zero-order valence-electron chi connectivity index (χ0n) is 12.9. The average Bonchev–Trinajstić information content (AvgIpc) is 3.08. The van der Waals surface area contributed by atoms with Crippen LogP contribution in [0.4, 0.5) is 5.82 Å². The van der Waals surface area contributed by atoms with Gasteiger partial charge >= 0.3 is 7.82 Å². The van der Waals surface area contributed by atoms with Crippen molar-refractivity contribution >= 4 is 30.7 Å². The molecule has 1 aliphatic rings. The number of carbonyl (C=O) groups is 1. The topological polar surface area (TPSA) is 229 Å². The van der Waals surface area contributed by atoms with Gasteiger partial charge in [0.2, 0.25) is 0 Å². The third-order valence-corrected chi connectivity index (χ3v) is 4.40. The number of nitrogens with zero attached hydrogens (tertiary/aromatic N) is 4. The van der Waals surface area contributed by atoms with Crippen molar-refractivity contribution in [3.8, 4) is 0 Å². The summed E-state index contributed by atoms with van der Waals surface area (Å²) in [4.78, 5) is 41.3. The van der Waals surface area contributed by atoms with Crippen LogP contribution >= 0.6 is 7.82 Å². The van der Waals surface area contributed by atoms with Crippen molar-refractivity contribution in [3.05, 3.63) is 12.7 Å². The van der Waals surface area contributed by atoms with Crippen LogP contribution in [0.3, 0.4) is 0 Å². The first-order valence-electron chi connectivity index (χ1n) is 7.06. The van der Waals surface area contributed by atoms with Crippen molar-refractivity contribution in [1.82, 2.24) is 19.5 Å². The molecule has 0 unspecified atom stereocenters. The van der Waals surface area contributed by atoms with Gasteiger partial charge in [0.1, 0.15) is 36.5 Å². The number of phosphoric ester groups is 1. The Bertz CT molecular complexity index is 900. The van der Waals surface area contributed by atoms with Crippen LogP contribution in [0.1, 0.15) is 0 Å². The molecule has 142 valence electrons. The second-order valence-corrected chi connectivity index (χ2v) is 6.72. The summed E-state index contributed by atoms with van der Waals surface area (Å²) in [6.45, 7) is -0.818. The lowest BCUT2D eigenvalue weighted by Gasteiger charge is -2.30. The lowest BCUT2D eigenvalue weighted by molar-refractivity contribution is -0.172. The number of rotatable bonds is 5. The fraction of sp³-hybridized carbons (Fsp3) is 0.455. The number of amides is 1. The highest BCUT2D eigenvalue weighted by molar-refractivity contribution is 7.46. The molecule has 2 aromatic rings. The van der Waals surface area contributed by atoms with Crippen molar-refractivity contribution in [2.24, 2.45) is 5.73 Å². The predicted octanol–water partition coefficient (Wildman–Crippen LogP) is -3.22. The molecule has 3 heterocycles. The lowest BCUT2D eigenvalue weighted by atomic mass is 10.0. The van der Waals surface area contributed by atoms with Crippen LogP contribution in [0.15, 0.2) is 12.7 Å². The van der Waals surface area contributed by atoms with E-state index in [0.29, 0.717) is 0 Å². The van der Waals surface area contributed by atoms with E-state index in [0.717, 1.165) is 17.2 Å². The van der Waals surface area contributed by atoms with E-state index in [9.17, 15) is 19.6 Å². The molecule has 0 aliphatic carbocycles. The standard InChI is InChI=1S/C11H15N6O8P/c12-8-5-9(15-2-14-8)17(3-16-5)11(10(13)20)7(19)6(18)4(25-11)1-24-26(21,22)23/h2-4,6-7,18-19H,1H2,(H2,13,20)(H2,12,14,15)(H2,21,22,23)/t4-,6-,7-,11+/m1/s1. The van der Waals surface area contributed by atoms with Crippen molar-refractivity contribution in [2.45, 2.75) is 24.0 Å². The molecule has 0 radical (unpaired) electrons. The molecule has 14 nitrogen and oxygen atoms in total. The molecule has 4 atom stereocenters. The number of hydrogen-bond donors (Lipinski definition) is 6. The summed E-state index contributed by atoms with van der Waals surface area (Å²) >= 11 is 0. The maximum absolute atomic E-state index is 12.2. The number of anilines is 1. The van der Waals surface area contributed by atoms with Crippen LogP contribution < -0.4 is 11.5 Å². The molecule has 0 spiro atoms. The van der Waals surface area contributed by atoms with E-state index in [1.165, 1.54) is 0 Å². The molecule has 15 heteroatoms. The number of ether oxygens (including phenoxy) is 1. The molecular formula is C11H15N6O8P. The second-order valence-electron chi connectivity index (χ2n) is 5.48. The van der Waals surface area contributed by atoms with Gasteiger partial charge in [0, 0.05) is 0 Å². The maximum Gasteiger partial charge on any atom is 0.469 e. The Morgan fingerprint density at radius 3 is 2.69 bits per heavy atom. The molecule has 26 heavy (non-hydrogen) atoms. The van der Waals surface area contributed by atoms with Crippen molar-refractivity contribution in [2.75, 3.05) is 12.3 Å². The number of carbonyl (C=O) groups excluding carboxylic acids is 1. The average molecular weight is 390 g/mol. The summed E-state index contributed by atoms with van der Waals surface area (Å²) in [5.41, 5.74) is 8.78. The SMILES string of the molecule is NC(=O)[C@@]1(n2cnc3c(N)ncnc32)O[C@H](COP(=O)(O)O)[C@@H](O)[C@H]1O. The number of nitrogen functional groups attached to an aromatic ring is 1. The first-order valence-corrected chi connectivity index (χ1v) is 8.59. The molecule has 8 N–H and O–H groups in total. The van der Waals surface area contributed by atoms with Gasteiger partial charge in [-0.15, -0.1) is 0 Å². The Labute approximate surface area is 144 Å². The molecule has 0 aromatic carbocycles. The fourth-order valence-electron chi connectivity index (χ4n) is 2.73. The second kappa shape index (κ2) is 6.21. The number of fused-ring (bicyclic) bond motifs is 1. The normalized spacial score (nSPS) is 29.3. The molecule has 0 bridgehead atoms. The number of phosphoric acid groups is 1. The summed E-state index contributed by atoms with van der Waals surface area (Å²) in [7, 11) is -4.88. The smallest absolute Gasteiger partial charge is 0.387 e. The van der Waals surface area contributed by atoms with Crippen LogP contribution in [0.5, 0.6) is 0 Å². The highest BCUT2D eigenvalue weighted by atomic mass is 31.2. The largest absolute Gasteiger partial charge is 0.469 e. The molecule has 1 aliphatic heterocycles. The van der Waals surface area contributed by atoms with Gasteiger partial charge in [0.25, 0.3) is 11.6 Å². The zero-order chi connectivity index (χ0) is 19.3. The van der Waals surface area contributed by atoms with Crippen LogP contribution in [0.25, 0.3) is 11.2 Å². The van der Waals surface area contributed by atoms with Gasteiger partial charge in [-0.2, -0.15) is 0 Å². The molecule has 1 amide bonds. The summed E-state index contributed by atoms with van der Waals surface area (Å²) in [6.07, 6.45) is -3.02. The molecular weight excluding hydrogens is 375 g/mol. The molecule has 0 saturated carbocycles. The number of aliphatic hydroxyl groups is 2. The Hall–Kier alpha value is -2.19. The van der Waals surface area contributed by atoms with Gasteiger partial charge < -0.3 is 36.2 Å². The Balaban J connectivity index is 2.06. The first kappa shape index (κ1) is 18.6. The molecule has 1 saturated heterocycles. The van der Waals surface area contributed by atoms with E-state index in [-0.39, 0.29) is 17.0 Å². The molecule has 3 rings (SSSR count). The Morgan fingerprint density at radius 2 is 2.08 bits per heavy atom. The minimum Gasteiger partial charge on any atom is -0.387 e. The van der Waals surface area contributed by atoms with Crippen molar-refractivity contribution < 1.29 is 38.6 Å². The number of imidazole rings is 1. The Kier molecular flexibility index (Phi) is 4.44. The highest BCUT2D eigenvalue weighted by Gasteiger charge is 2.60. The number of nitrogens with two attached hydrogens (primary N) is 2. The first-order chi connectivity index (χ1) is 12.1. The van der Waals surface area contributed by atoms with E-state index < -0.39 is 44.4 Å². The van der Waals surface area contributed by atoms with E-state index in [2.05, 4.69) is 19.5 Å². The quantitative estimate of drug-likeness (QED) is 0.277. The molecule has 2 aromatic heterocycles. The van der Waals surface area contributed by atoms with Gasteiger partial charge in [0.05, 0.1) is 6.61 Å². The number of primary amides is 1. The fourth-order valence-corrected chi connectivity index (χ4v) is 3.07.